The quantitative estimate of drug-likeness (QED) is 0.689. The van der Waals surface area contributed by atoms with Crippen LogP contribution in [-0.4, -0.2) is 48.8 Å². The number of hydrogen-bond donors (Lipinski definition) is 0. The summed E-state index contributed by atoms with van der Waals surface area (Å²) in [5.41, 5.74) is 0. The largest absolute Gasteiger partial charge is 0.377 e. The summed E-state index contributed by atoms with van der Waals surface area (Å²) in [5.74, 6) is 2.53. The van der Waals surface area contributed by atoms with Crippen LogP contribution >= 0.6 is 11.8 Å². The van der Waals surface area contributed by atoms with Crippen LogP contribution in [0.15, 0.2) is 0 Å². The summed E-state index contributed by atoms with van der Waals surface area (Å²) < 4.78 is 5.63. The van der Waals surface area contributed by atoms with Gasteiger partial charge < -0.3 is 9.64 Å². The van der Waals surface area contributed by atoms with Crippen LogP contribution < -0.4 is 0 Å². The van der Waals surface area contributed by atoms with E-state index >= 15 is 0 Å². The summed E-state index contributed by atoms with van der Waals surface area (Å²) in [4.78, 5) is 2.55. The molecule has 94 valence electrons. The molecule has 0 aromatic rings. The number of thioether (sulfide) groups is 1. The molecule has 2 aliphatic rings. The summed E-state index contributed by atoms with van der Waals surface area (Å²) in [6.45, 7) is 2.30. The van der Waals surface area contributed by atoms with Crippen LogP contribution in [0.3, 0.4) is 0 Å². The third-order valence-electron chi connectivity index (χ3n) is 3.84. The molecule has 0 spiro atoms. The van der Waals surface area contributed by atoms with Gasteiger partial charge in [0.05, 0.1) is 6.10 Å². The van der Waals surface area contributed by atoms with E-state index in [4.69, 9.17) is 4.74 Å². The Bertz CT molecular complexity index is 194. The Labute approximate surface area is 104 Å². The predicted octanol–water partition coefficient (Wildman–Crippen LogP) is 2.77. The smallest absolute Gasteiger partial charge is 0.0666 e. The van der Waals surface area contributed by atoms with Crippen LogP contribution in [0, 0.1) is 0 Å². The molecular formula is C13H25NOS. The minimum atomic E-state index is 0.564. The number of likely N-dealkylation sites (tertiary alicyclic amines) is 1. The fourth-order valence-corrected chi connectivity index (χ4v) is 3.85. The van der Waals surface area contributed by atoms with Gasteiger partial charge in [0.1, 0.15) is 0 Å². The van der Waals surface area contributed by atoms with Crippen LogP contribution in [0.25, 0.3) is 0 Å². The highest BCUT2D eigenvalue weighted by Crippen LogP contribution is 2.22. The van der Waals surface area contributed by atoms with Crippen molar-refractivity contribution in [2.75, 3.05) is 31.7 Å². The molecule has 0 N–H and O–H groups in total. The lowest BCUT2D eigenvalue weighted by atomic mass is 10.0. The minimum Gasteiger partial charge on any atom is -0.377 e. The molecule has 2 atom stereocenters. The van der Waals surface area contributed by atoms with Gasteiger partial charge in [-0.05, 0) is 51.4 Å². The fraction of sp³-hybridized carbons (Fsp3) is 1.00. The van der Waals surface area contributed by atoms with Gasteiger partial charge in [0, 0.05) is 18.4 Å². The van der Waals surface area contributed by atoms with Crippen molar-refractivity contribution in [2.24, 2.45) is 0 Å². The second kappa shape index (κ2) is 6.87. The Morgan fingerprint density at radius 3 is 2.94 bits per heavy atom. The van der Waals surface area contributed by atoms with Crippen LogP contribution in [-0.2, 0) is 4.74 Å². The number of rotatable bonds is 5. The van der Waals surface area contributed by atoms with E-state index < -0.39 is 0 Å². The first-order chi connectivity index (χ1) is 7.86. The average molecular weight is 243 g/mol. The molecular weight excluding hydrogens is 218 g/mol. The molecule has 16 heavy (non-hydrogen) atoms. The maximum atomic E-state index is 5.63. The monoisotopic (exact) mass is 243 g/mol. The van der Waals surface area contributed by atoms with E-state index in [0.717, 1.165) is 12.6 Å². The van der Waals surface area contributed by atoms with Crippen molar-refractivity contribution < 1.29 is 4.74 Å². The van der Waals surface area contributed by atoms with E-state index in [2.05, 4.69) is 23.7 Å². The Hall–Kier alpha value is 0.270. The molecule has 0 bridgehead atoms. The number of ether oxygens (including phenoxy) is 1. The zero-order valence-corrected chi connectivity index (χ0v) is 11.3. The molecule has 0 aromatic heterocycles. The second-order valence-electron chi connectivity index (χ2n) is 5.13. The Morgan fingerprint density at radius 2 is 2.19 bits per heavy atom. The van der Waals surface area contributed by atoms with Crippen molar-refractivity contribution in [1.29, 1.82) is 0 Å². The van der Waals surface area contributed by atoms with Gasteiger partial charge >= 0.3 is 0 Å². The zero-order chi connectivity index (χ0) is 11.2. The molecule has 0 aliphatic carbocycles. The predicted molar refractivity (Wildman–Crippen MR) is 71.2 cm³/mol. The maximum Gasteiger partial charge on any atom is 0.0666 e. The molecule has 2 saturated heterocycles. The number of nitrogens with zero attached hydrogens (tertiary/aromatic N) is 1. The number of piperidine rings is 1. The third kappa shape index (κ3) is 3.94. The van der Waals surface area contributed by atoms with Crippen LogP contribution in [0.2, 0.25) is 0 Å². The first-order valence-corrected chi connectivity index (χ1v) is 7.91. The van der Waals surface area contributed by atoms with Crippen molar-refractivity contribution in [1.82, 2.24) is 4.90 Å². The molecule has 3 heteroatoms. The van der Waals surface area contributed by atoms with Gasteiger partial charge in [-0.25, -0.2) is 0 Å². The molecule has 2 nitrogen and oxygen atoms in total. The lowest BCUT2D eigenvalue weighted by Crippen LogP contribution is -2.36. The normalized spacial score (nSPS) is 32.1. The van der Waals surface area contributed by atoms with E-state index in [1.54, 1.807) is 0 Å². The van der Waals surface area contributed by atoms with E-state index in [1.807, 2.05) is 0 Å². The van der Waals surface area contributed by atoms with Crippen LogP contribution in [0.4, 0.5) is 0 Å². The van der Waals surface area contributed by atoms with Gasteiger partial charge in [0.2, 0.25) is 0 Å². The van der Waals surface area contributed by atoms with Crippen molar-refractivity contribution in [2.45, 2.75) is 50.7 Å². The Kier molecular flexibility index (Phi) is 5.46. The molecule has 0 saturated carbocycles. The summed E-state index contributed by atoms with van der Waals surface area (Å²) in [5, 5.41) is 0. The molecule has 0 amide bonds. The van der Waals surface area contributed by atoms with Crippen LogP contribution in [0.5, 0.6) is 0 Å². The zero-order valence-electron chi connectivity index (χ0n) is 10.5. The van der Waals surface area contributed by atoms with Crippen molar-refractivity contribution in [3.05, 3.63) is 0 Å². The maximum absolute atomic E-state index is 5.63. The summed E-state index contributed by atoms with van der Waals surface area (Å²) in [6, 6.07) is 0.853. The highest BCUT2D eigenvalue weighted by molar-refractivity contribution is 7.99. The van der Waals surface area contributed by atoms with Gasteiger partial charge in [-0.3, -0.25) is 0 Å². The van der Waals surface area contributed by atoms with Gasteiger partial charge in [0.15, 0.2) is 0 Å². The highest BCUT2D eigenvalue weighted by atomic mass is 32.2. The number of hydrogen-bond acceptors (Lipinski definition) is 3. The summed E-state index contributed by atoms with van der Waals surface area (Å²) in [6.07, 6.45) is 8.74. The lowest BCUT2D eigenvalue weighted by Gasteiger charge is -2.32. The third-order valence-corrected chi connectivity index (χ3v) is 4.98. The SMILES string of the molecule is CN1CCCC[C@H]1CCSC[C@@H]1CCCO1. The summed E-state index contributed by atoms with van der Waals surface area (Å²) >= 11 is 2.09. The van der Waals surface area contributed by atoms with E-state index in [1.165, 1.54) is 56.6 Å². The second-order valence-corrected chi connectivity index (χ2v) is 6.28. The molecule has 2 rings (SSSR count). The van der Waals surface area contributed by atoms with E-state index in [0.29, 0.717) is 6.10 Å². The fourth-order valence-electron chi connectivity index (χ4n) is 2.72. The Balaban J connectivity index is 1.53. The molecule has 0 radical (unpaired) electrons. The minimum absolute atomic E-state index is 0.564. The molecule has 2 fully saturated rings. The summed E-state index contributed by atoms with van der Waals surface area (Å²) in [7, 11) is 2.29. The molecule has 0 aromatic carbocycles. The standard InChI is InChI=1S/C13H25NOS/c1-14-8-3-2-5-12(14)7-10-16-11-13-6-4-9-15-13/h12-13H,2-11H2,1H3/t12-,13-/m0/s1. The molecule has 2 aliphatic heterocycles. The van der Waals surface area contributed by atoms with Crippen molar-refractivity contribution in [3.8, 4) is 0 Å². The van der Waals surface area contributed by atoms with Crippen LogP contribution in [0.1, 0.15) is 38.5 Å². The Morgan fingerprint density at radius 1 is 1.25 bits per heavy atom. The van der Waals surface area contributed by atoms with E-state index in [9.17, 15) is 0 Å². The van der Waals surface area contributed by atoms with Gasteiger partial charge in [-0.1, -0.05) is 6.42 Å². The first-order valence-electron chi connectivity index (χ1n) is 6.76. The lowest BCUT2D eigenvalue weighted by molar-refractivity contribution is 0.129. The highest BCUT2D eigenvalue weighted by Gasteiger charge is 2.19. The topological polar surface area (TPSA) is 12.5 Å². The van der Waals surface area contributed by atoms with Gasteiger partial charge in [-0.15, -0.1) is 0 Å². The van der Waals surface area contributed by atoms with Crippen molar-refractivity contribution >= 4 is 11.8 Å². The van der Waals surface area contributed by atoms with E-state index in [-0.39, 0.29) is 0 Å². The van der Waals surface area contributed by atoms with Gasteiger partial charge in [-0.2, -0.15) is 11.8 Å². The molecule has 2 heterocycles. The first kappa shape index (κ1) is 12.7. The average Bonchev–Trinajstić information content (AvgIpc) is 2.79. The van der Waals surface area contributed by atoms with Crippen molar-refractivity contribution in [3.63, 3.8) is 0 Å². The van der Waals surface area contributed by atoms with Gasteiger partial charge in [0.25, 0.3) is 0 Å². The molecule has 0 unspecified atom stereocenters.